The van der Waals surface area contributed by atoms with E-state index in [1.807, 2.05) is 11.8 Å². The van der Waals surface area contributed by atoms with Crippen LogP contribution in [0.4, 0.5) is 5.82 Å². The molecule has 14 heavy (non-hydrogen) atoms. The first-order chi connectivity index (χ1) is 6.93. The minimum atomic E-state index is 0.282. The van der Waals surface area contributed by atoms with Gasteiger partial charge in [-0.1, -0.05) is 0 Å². The molecule has 5 heteroatoms. The Morgan fingerprint density at radius 3 is 3.00 bits per heavy atom. The highest BCUT2D eigenvalue weighted by Crippen LogP contribution is 2.02. The second-order valence-corrected chi connectivity index (χ2v) is 3.93. The molecule has 0 atom stereocenters. The lowest BCUT2D eigenvalue weighted by atomic mass is 10.5. The van der Waals surface area contributed by atoms with Gasteiger partial charge in [0.2, 0.25) is 0 Å². The van der Waals surface area contributed by atoms with Crippen molar-refractivity contribution in [2.24, 2.45) is 0 Å². The largest absolute Gasteiger partial charge is 0.396 e. The molecule has 4 nitrogen and oxygen atoms in total. The Morgan fingerprint density at radius 2 is 2.29 bits per heavy atom. The van der Waals surface area contributed by atoms with Crippen LogP contribution in [0.15, 0.2) is 18.6 Å². The van der Waals surface area contributed by atoms with Crippen molar-refractivity contribution in [1.29, 1.82) is 0 Å². The highest BCUT2D eigenvalue weighted by atomic mass is 32.2. The average molecular weight is 213 g/mol. The molecule has 0 saturated carbocycles. The number of nitrogens with zero attached hydrogens (tertiary/aromatic N) is 2. The zero-order valence-electron chi connectivity index (χ0n) is 8.02. The maximum atomic E-state index is 8.55. The number of nitrogens with one attached hydrogen (secondary N) is 1. The third-order valence-electron chi connectivity index (χ3n) is 1.56. The summed E-state index contributed by atoms with van der Waals surface area (Å²) in [5.41, 5.74) is 0. The van der Waals surface area contributed by atoms with E-state index < -0.39 is 0 Å². The molecular formula is C9H15N3OS. The van der Waals surface area contributed by atoms with E-state index in [1.54, 1.807) is 18.6 Å². The molecule has 0 aliphatic heterocycles. The number of anilines is 1. The lowest BCUT2D eigenvalue weighted by Crippen LogP contribution is -2.06. The van der Waals surface area contributed by atoms with Gasteiger partial charge in [-0.2, -0.15) is 11.8 Å². The summed E-state index contributed by atoms with van der Waals surface area (Å²) in [7, 11) is 0. The van der Waals surface area contributed by atoms with Crippen LogP contribution in [0.3, 0.4) is 0 Å². The van der Waals surface area contributed by atoms with Crippen molar-refractivity contribution >= 4 is 17.6 Å². The van der Waals surface area contributed by atoms with E-state index in [0.717, 1.165) is 30.3 Å². The molecule has 0 bridgehead atoms. The van der Waals surface area contributed by atoms with Crippen LogP contribution in [0.25, 0.3) is 0 Å². The zero-order chi connectivity index (χ0) is 10.1. The van der Waals surface area contributed by atoms with E-state index >= 15 is 0 Å². The average Bonchev–Trinajstić information content (AvgIpc) is 2.25. The monoisotopic (exact) mass is 213 g/mol. The van der Waals surface area contributed by atoms with Crippen molar-refractivity contribution in [2.75, 3.05) is 30.0 Å². The Morgan fingerprint density at radius 1 is 1.36 bits per heavy atom. The molecule has 0 aliphatic carbocycles. The van der Waals surface area contributed by atoms with Crippen LogP contribution >= 0.6 is 11.8 Å². The third kappa shape index (κ3) is 5.04. The molecule has 1 heterocycles. The Kier molecular flexibility index (Phi) is 6.10. The van der Waals surface area contributed by atoms with Crippen LogP contribution in [-0.2, 0) is 0 Å². The summed E-state index contributed by atoms with van der Waals surface area (Å²) in [4.78, 5) is 8.04. The first kappa shape index (κ1) is 11.3. The van der Waals surface area contributed by atoms with E-state index in [0.29, 0.717) is 0 Å². The molecule has 0 fully saturated rings. The molecule has 2 N–H and O–H groups in total. The first-order valence-electron chi connectivity index (χ1n) is 4.62. The van der Waals surface area contributed by atoms with Gasteiger partial charge in [0.05, 0.1) is 6.20 Å². The number of rotatable bonds is 7. The number of thioether (sulfide) groups is 1. The summed E-state index contributed by atoms with van der Waals surface area (Å²) in [6, 6.07) is 0. The van der Waals surface area contributed by atoms with Gasteiger partial charge in [0.25, 0.3) is 0 Å². The Bertz CT molecular complexity index is 233. The highest BCUT2D eigenvalue weighted by Gasteiger charge is 1.92. The van der Waals surface area contributed by atoms with E-state index in [1.165, 1.54) is 0 Å². The van der Waals surface area contributed by atoms with Gasteiger partial charge >= 0.3 is 0 Å². The molecular weight excluding hydrogens is 198 g/mol. The van der Waals surface area contributed by atoms with Crippen molar-refractivity contribution in [1.82, 2.24) is 9.97 Å². The summed E-state index contributed by atoms with van der Waals surface area (Å²) >= 11 is 1.83. The van der Waals surface area contributed by atoms with Crippen molar-refractivity contribution in [3.8, 4) is 0 Å². The van der Waals surface area contributed by atoms with Crippen LogP contribution in [0.1, 0.15) is 6.42 Å². The van der Waals surface area contributed by atoms with Crippen LogP contribution in [-0.4, -0.2) is 39.7 Å². The van der Waals surface area contributed by atoms with Crippen molar-refractivity contribution < 1.29 is 5.11 Å². The fourth-order valence-corrected chi connectivity index (χ4v) is 1.69. The van der Waals surface area contributed by atoms with Crippen molar-refractivity contribution in [3.63, 3.8) is 0 Å². The maximum absolute atomic E-state index is 8.55. The number of aliphatic hydroxyl groups excluding tert-OH is 1. The lowest BCUT2D eigenvalue weighted by molar-refractivity contribution is 0.296. The molecule has 1 rings (SSSR count). The third-order valence-corrected chi connectivity index (χ3v) is 2.63. The molecule has 0 saturated heterocycles. The van der Waals surface area contributed by atoms with Gasteiger partial charge in [-0.3, -0.25) is 4.98 Å². The topological polar surface area (TPSA) is 58.0 Å². The van der Waals surface area contributed by atoms with Gasteiger partial charge in [-0.25, -0.2) is 4.98 Å². The summed E-state index contributed by atoms with van der Waals surface area (Å²) in [5.74, 6) is 2.85. The Labute approximate surface area is 88.2 Å². The Balaban J connectivity index is 1.99. The van der Waals surface area contributed by atoms with Gasteiger partial charge in [0.15, 0.2) is 0 Å². The summed E-state index contributed by atoms with van der Waals surface area (Å²) in [6.07, 6.45) is 5.90. The molecule has 0 aromatic carbocycles. The van der Waals surface area contributed by atoms with Gasteiger partial charge in [0, 0.05) is 31.3 Å². The second kappa shape index (κ2) is 7.58. The molecule has 0 spiro atoms. The standard InChI is InChI=1S/C9H15N3OS/c13-5-1-6-14-7-4-12-9-8-10-2-3-11-9/h2-3,8,13H,1,4-7H2,(H,11,12). The molecule has 1 aromatic heterocycles. The minimum absolute atomic E-state index is 0.282. The van der Waals surface area contributed by atoms with Crippen LogP contribution in [0.2, 0.25) is 0 Å². The van der Waals surface area contributed by atoms with Gasteiger partial charge in [0.1, 0.15) is 5.82 Å². The molecule has 0 amide bonds. The summed E-state index contributed by atoms with van der Waals surface area (Å²) < 4.78 is 0. The quantitative estimate of drug-likeness (QED) is 0.662. The SMILES string of the molecule is OCCCSCCNc1cnccn1. The minimum Gasteiger partial charge on any atom is -0.396 e. The summed E-state index contributed by atoms with van der Waals surface area (Å²) in [5, 5.41) is 11.7. The molecule has 78 valence electrons. The summed E-state index contributed by atoms with van der Waals surface area (Å²) in [6.45, 7) is 1.17. The van der Waals surface area contributed by atoms with E-state index in [4.69, 9.17) is 5.11 Å². The fraction of sp³-hybridized carbons (Fsp3) is 0.556. The molecule has 0 radical (unpaired) electrons. The van der Waals surface area contributed by atoms with E-state index in [-0.39, 0.29) is 6.61 Å². The van der Waals surface area contributed by atoms with Crippen LogP contribution in [0.5, 0.6) is 0 Å². The van der Waals surface area contributed by atoms with Crippen LogP contribution in [0, 0.1) is 0 Å². The maximum Gasteiger partial charge on any atom is 0.144 e. The molecule has 0 aliphatic rings. The normalized spacial score (nSPS) is 10.1. The number of aliphatic hydroxyl groups is 1. The van der Waals surface area contributed by atoms with Gasteiger partial charge in [-0.15, -0.1) is 0 Å². The van der Waals surface area contributed by atoms with Gasteiger partial charge in [-0.05, 0) is 12.2 Å². The Hall–Kier alpha value is -0.810. The van der Waals surface area contributed by atoms with Crippen molar-refractivity contribution in [3.05, 3.63) is 18.6 Å². The zero-order valence-corrected chi connectivity index (χ0v) is 8.83. The van der Waals surface area contributed by atoms with E-state index in [9.17, 15) is 0 Å². The first-order valence-corrected chi connectivity index (χ1v) is 5.77. The number of hydrogen-bond acceptors (Lipinski definition) is 5. The van der Waals surface area contributed by atoms with E-state index in [2.05, 4.69) is 15.3 Å². The predicted molar refractivity (Wildman–Crippen MR) is 59.5 cm³/mol. The lowest BCUT2D eigenvalue weighted by Gasteiger charge is -2.03. The fourth-order valence-electron chi connectivity index (χ4n) is 0.910. The molecule has 0 unspecified atom stereocenters. The number of aromatic nitrogens is 2. The molecule has 1 aromatic rings. The van der Waals surface area contributed by atoms with Gasteiger partial charge < -0.3 is 10.4 Å². The van der Waals surface area contributed by atoms with Crippen LogP contribution < -0.4 is 5.32 Å². The second-order valence-electron chi connectivity index (χ2n) is 2.71. The highest BCUT2D eigenvalue weighted by molar-refractivity contribution is 7.99. The number of hydrogen-bond donors (Lipinski definition) is 2. The van der Waals surface area contributed by atoms with Crippen molar-refractivity contribution in [2.45, 2.75) is 6.42 Å². The predicted octanol–water partition coefficient (Wildman–Crippen LogP) is 1.00. The smallest absolute Gasteiger partial charge is 0.144 e.